The number of benzene rings is 2. The lowest BCUT2D eigenvalue weighted by atomic mass is 10.1. The Bertz CT molecular complexity index is 1040. The van der Waals surface area contributed by atoms with Gasteiger partial charge in [-0.15, -0.1) is 0 Å². The predicted octanol–water partition coefficient (Wildman–Crippen LogP) is 6.47. The quantitative estimate of drug-likeness (QED) is 0.353. The highest BCUT2D eigenvalue weighted by Gasteiger charge is 2.19. The molecule has 0 atom stereocenters. The van der Waals surface area contributed by atoms with Crippen molar-refractivity contribution >= 4 is 40.7 Å². The van der Waals surface area contributed by atoms with Crippen LogP contribution >= 0.6 is 34.7 Å². The van der Waals surface area contributed by atoms with E-state index in [0.29, 0.717) is 10.6 Å². The Morgan fingerprint density at radius 3 is 2.53 bits per heavy atom. The van der Waals surface area contributed by atoms with E-state index in [1.165, 1.54) is 23.7 Å². The lowest BCUT2D eigenvalue weighted by Crippen LogP contribution is -2.07. The van der Waals surface area contributed by atoms with Crippen molar-refractivity contribution in [3.63, 3.8) is 0 Å². The van der Waals surface area contributed by atoms with Crippen molar-refractivity contribution in [2.75, 3.05) is 6.61 Å². The van der Waals surface area contributed by atoms with Crippen LogP contribution in [0.2, 0.25) is 10.2 Å². The van der Waals surface area contributed by atoms with Crippen molar-refractivity contribution in [2.24, 2.45) is 0 Å². The summed E-state index contributed by atoms with van der Waals surface area (Å²) < 4.78 is 43.2. The van der Waals surface area contributed by atoms with Gasteiger partial charge in [-0.05, 0) is 54.2 Å². The second-order valence-corrected chi connectivity index (χ2v) is 7.80. The summed E-state index contributed by atoms with van der Waals surface area (Å²) >= 11 is 13.3. The first-order valence-corrected chi connectivity index (χ1v) is 10.6. The molecule has 158 valence electrons. The second-order valence-electron chi connectivity index (χ2n) is 6.23. The third kappa shape index (κ3) is 5.28. The van der Waals surface area contributed by atoms with Gasteiger partial charge in [0.25, 0.3) is 0 Å². The molecule has 0 spiro atoms. The minimum Gasteiger partial charge on any atom is -0.486 e. The van der Waals surface area contributed by atoms with Crippen LogP contribution < -0.4 is 4.74 Å². The topological polar surface area (TPSA) is 48.4 Å². The maximum absolute atomic E-state index is 14.5. The summed E-state index contributed by atoms with van der Waals surface area (Å²) in [5.74, 6) is -2.89. The van der Waals surface area contributed by atoms with E-state index in [1.807, 2.05) is 12.1 Å². The van der Waals surface area contributed by atoms with E-state index in [4.69, 9.17) is 32.7 Å². The van der Waals surface area contributed by atoms with Crippen molar-refractivity contribution in [1.29, 1.82) is 0 Å². The Hall–Kier alpha value is -2.22. The number of ether oxygens (including phenoxy) is 2. The molecule has 0 aliphatic rings. The van der Waals surface area contributed by atoms with Gasteiger partial charge in [-0.3, -0.25) is 4.79 Å². The maximum Gasteiger partial charge on any atom is 0.306 e. The molecule has 0 aliphatic heterocycles. The largest absolute Gasteiger partial charge is 0.486 e. The number of esters is 1. The fourth-order valence-corrected chi connectivity index (χ4v) is 3.96. The summed E-state index contributed by atoms with van der Waals surface area (Å²) in [6.45, 7) is 1.82. The van der Waals surface area contributed by atoms with Gasteiger partial charge in [0.05, 0.1) is 11.5 Å². The lowest BCUT2D eigenvalue weighted by Gasteiger charge is -2.11. The molecule has 0 saturated carbocycles. The zero-order valence-corrected chi connectivity index (χ0v) is 18.2. The predicted molar refractivity (Wildman–Crippen MR) is 113 cm³/mol. The minimum atomic E-state index is -1.12. The molecule has 3 aromatic rings. The molecule has 0 unspecified atom stereocenters. The van der Waals surface area contributed by atoms with E-state index in [2.05, 4.69) is 4.37 Å². The molecule has 0 aliphatic carbocycles. The van der Waals surface area contributed by atoms with E-state index in [-0.39, 0.29) is 42.5 Å². The molecular formula is C21H17Cl2F2NO3S. The number of aromatic nitrogens is 1. The van der Waals surface area contributed by atoms with Gasteiger partial charge in [0, 0.05) is 17.0 Å². The van der Waals surface area contributed by atoms with Gasteiger partial charge in [0.15, 0.2) is 11.6 Å². The number of carbonyl (C=O) groups excluding carboxylic acids is 1. The van der Waals surface area contributed by atoms with E-state index in [9.17, 15) is 13.6 Å². The second kappa shape index (κ2) is 10.2. The molecule has 3 rings (SSSR count). The summed E-state index contributed by atoms with van der Waals surface area (Å²) in [6.07, 6.45) is -0.00605. The highest BCUT2D eigenvalue weighted by Crippen LogP contribution is 2.35. The van der Waals surface area contributed by atoms with Crippen LogP contribution in [0.5, 0.6) is 5.75 Å². The fourth-order valence-electron chi connectivity index (χ4n) is 2.74. The van der Waals surface area contributed by atoms with Gasteiger partial charge in [-0.1, -0.05) is 41.4 Å². The Morgan fingerprint density at radius 1 is 1.10 bits per heavy atom. The van der Waals surface area contributed by atoms with Gasteiger partial charge in [0.2, 0.25) is 5.82 Å². The number of hydrogen-bond acceptors (Lipinski definition) is 5. The smallest absolute Gasteiger partial charge is 0.306 e. The van der Waals surface area contributed by atoms with Crippen molar-refractivity contribution < 1.29 is 23.0 Å². The van der Waals surface area contributed by atoms with E-state index in [0.717, 1.165) is 10.4 Å². The molecule has 1 aromatic heterocycles. The van der Waals surface area contributed by atoms with Crippen molar-refractivity contribution in [3.05, 3.63) is 69.3 Å². The average molecular weight is 472 g/mol. The van der Waals surface area contributed by atoms with Crippen LogP contribution in [0.15, 0.2) is 36.4 Å². The van der Waals surface area contributed by atoms with Crippen LogP contribution in [0.1, 0.15) is 24.5 Å². The minimum absolute atomic E-state index is 0.0306. The van der Waals surface area contributed by atoms with Crippen LogP contribution in [0.3, 0.4) is 0 Å². The van der Waals surface area contributed by atoms with Crippen molar-refractivity contribution in [1.82, 2.24) is 4.37 Å². The van der Waals surface area contributed by atoms with E-state index in [1.54, 1.807) is 19.1 Å². The SMILES string of the molecule is CCOC(=O)CCc1ccc(OCc2c(Cl)nsc2-c2ccc(Cl)cc2)c(F)c1F. The maximum atomic E-state index is 14.5. The summed E-state index contributed by atoms with van der Waals surface area (Å²) in [6, 6.07) is 9.82. The molecule has 0 N–H and O–H groups in total. The number of hydrogen-bond donors (Lipinski definition) is 0. The van der Waals surface area contributed by atoms with E-state index >= 15 is 0 Å². The Morgan fingerprint density at radius 2 is 1.83 bits per heavy atom. The average Bonchev–Trinajstić information content (AvgIpc) is 3.09. The van der Waals surface area contributed by atoms with Gasteiger partial charge in [-0.2, -0.15) is 8.76 Å². The molecule has 0 bridgehead atoms. The highest BCUT2D eigenvalue weighted by molar-refractivity contribution is 7.10. The zero-order chi connectivity index (χ0) is 21.7. The normalized spacial score (nSPS) is 10.8. The highest BCUT2D eigenvalue weighted by atomic mass is 35.5. The number of rotatable bonds is 8. The van der Waals surface area contributed by atoms with Crippen LogP contribution in [-0.4, -0.2) is 16.9 Å². The van der Waals surface area contributed by atoms with Crippen LogP contribution in [-0.2, 0) is 22.6 Å². The molecule has 4 nitrogen and oxygen atoms in total. The summed E-state index contributed by atoms with van der Waals surface area (Å²) in [7, 11) is 0. The molecule has 0 amide bonds. The first kappa shape index (κ1) is 22.5. The molecule has 30 heavy (non-hydrogen) atoms. The van der Waals surface area contributed by atoms with Crippen LogP contribution in [0.4, 0.5) is 8.78 Å². The third-order valence-corrected chi connectivity index (χ3v) is 5.85. The van der Waals surface area contributed by atoms with Crippen molar-refractivity contribution in [2.45, 2.75) is 26.4 Å². The first-order chi connectivity index (χ1) is 14.4. The molecule has 1 heterocycles. The fraction of sp³-hybridized carbons (Fsp3) is 0.238. The van der Waals surface area contributed by atoms with E-state index < -0.39 is 17.6 Å². The molecule has 9 heteroatoms. The van der Waals surface area contributed by atoms with Crippen LogP contribution in [0, 0.1) is 11.6 Å². The monoisotopic (exact) mass is 471 g/mol. The Labute approximate surface area is 186 Å². The molecule has 2 aromatic carbocycles. The number of carbonyl (C=O) groups is 1. The molecule has 0 fully saturated rings. The molecule has 0 radical (unpaired) electrons. The van der Waals surface area contributed by atoms with Gasteiger partial charge >= 0.3 is 5.97 Å². The van der Waals surface area contributed by atoms with Gasteiger partial charge in [0.1, 0.15) is 11.8 Å². The summed E-state index contributed by atoms with van der Waals surface area (Å²) in [5, 5.41) is 0.824. The lowest BCUT2D eigenvalue weighted by molar-refractivity contribution is -0.143. The first-order valence-electron chi connectivity index (χ1n) is 9.06. The van der Waals surface area contributed by atoms with Crippen molar-refractivity contribution in [3.8, 4) is 16.2 Å². The number of halogens is 4. The summed E-state index contributed by atoms with van der Waals surface area (Å²) in [4.78, 5) is 12.2. The van der Waals surface area contributed by atoms with Gasteiger partial charge in [-0.25, -0.2) is 4.39 Å². The third-order valence-electron chi connectivity index (χ3n) is 4.25. The Kier molecular flexibility index (Phi) is 7.64. The Balaban J connectivity index is 1.74. The number of aryl methyl sites for hydroxylation is 1. The van der Waals surface area contributed by atoms with Gasteiger partial charge < -0.3 is 9.47 Å². The number of nitrogens with zero attached hydrogens (tertiary/aromatic N) is 1. The van der Waals surface area contributed by atoms with Crippen LogP contribution in [0.25, 0.3) is 10.4 Å². The molecular weight excluding hydrogens is 455 g/mol. The standard InChI is InChI=1S/C21H17Cl2F2NO3S/c1-2-28-17(27)10-6-12-5-9-16(19(25)18(12)24)29-11-15-20(30-26-21(15)23)13-3-7-14(22)8-4-13/h3-5,7-9H,2,6,10-11H2,1H3. The zero-order valence-electron chi connectivity index (χ0n) is 15.9. The molecule has 0 saturated heterocycles. The summed E-state index contributed by atoms with van der Waals surface area (Å²) in [5.41, 5.74) is 1.48.